The molecular weight excluding hydrogens is 404 g/mol. The molecule has 0 heterocycles. The number of carbonyl (C=O) groups is 4. The Hall–Kier alpha value is -4.34. The predicted molar refractivity (Wildman–Crippen MR) is 107 cm³/mol. The molecule has 2 aromatic rings. The van der Waals surface area contributed by atoms with Crippen molar-refractivity contribution in [1.29, 1.82) is 0 Å². The quantitative estimate of drug-likeness (QED) is 0.375. The van der Waals surface area contributed by atoms with E-state index in [1.807, 2.05) is 0 Å². The van der Waals surface area contributed by atoms with E-state index in [1.54, 1.807) is 12.1 Å². The summed E-state index contributed by atoms with van der Waals surface area (Å²) in [7, 11) is 0. The Morgan fingerprint density at radius 2 is 1.10 bits per heavy atom. The number of carboxylic acids is 2. The van der Waals surface area contributed by atoms with Gasteiger partial charge in [0.2, 0.25) is 11.8 Å². The number of hydrazone groups is 2. The van der Waals surface area contributed by atoms with Crippen molar-refractivity contribution in [2.75, 3.05) is 0 Å². The summed E-state index contributed by atoms with van der Waals surface area (Å²) in [5.41, 5.74) is 4.94. The molecule has 0 bridgehead atoms. The van der Waals surface area contributed by atoms with Gasteiger partial charge in [-0.1, -0.05) is 48.5 Å². The Balaban J connectivity index is 1.73. The molecule has 2 rings (SSSR count). The number of amides is 2. The largest absolute Gasteiger partial charge is 0.545 e. The lowest BCUT2D eigenvalue weighted by Crippen LogP contribution is -2.24. The van der Waals surface area contributed by atoms with Crippen molar-refractivity contribution < 1.29 is 29.4 Å². The van der Waals surface area contributed by atoms with Gasteiger partial charge in [0.1, 0.15) is 0 Å². The molecular formula is C21H18N4O6-2. The van der Waals surface area contributed by atoms with Crippen LogP contribution in [-0.4, -0.2) is 36.2 Å². The summed E-state index contributed by atoms with van der Waals surface area (Å²) in [5, 5.41) is 29.4. The van der Waals surface area contributed by atoms with Crippen LogP contribution in [0.1, 0.15) is 51.1 Å². The number of hydrogen-bond acceptors (Lipinski definition) is 8. The standard InChI is InChI=1S/C21H20N4O6/c26-18(24-22-12-14-6-1-3-8-16(14)20(28)29)10-5-11-19(27)25-23-13-15-7-2-4-9-17(15)21(30)31/h1-4,6-9,12-13H,5,10-11H2,(H,24,26)(H,25,27)(H,28,29)(H,30,31)/p-2/b22-12-,23-13+. The molecule has 160 valence electrons. The molecule has 0 spiro atoms. The van der Waals surface area contributed by atoms with E-state index < -0.39 is 23.8 Å². The molecule has 0 saturated carbocycles. The van der Waals surface area contributed by atoms with Gasteiger partial charge in [-0.25, -0.2) is 10.9 Å². The number of rotatable bonds is 10. The molecule has 2 N–H and O–H groups in total. The highest BCUT2D eigenvalue weighted by Gasteiger charge is 2.05. The first-order chi connectivity index (χ1) is 14.9. The van der Waals surface area contributed by atoms with E-state index in [0.717, 1.165) is 0 Å². The van der Waals surface area contributed by atoms with Crippen molar-refractivity contribution >= 4 is 36.2 Å². The molecule has 0 aliphatic heterocycles. The van der Waals surface area contributed by atoms with Gasteiger partial charge < -0.3 is 19.8 Å². The van der Waals surface area contributed by atoms with Gasteiger partial charge in [-0.2, -0.15) is 10.2 Å². The van der Waals surface area contributed by atoms with Gasteiger partial charge in [0.25, 0.3) is 0 Å². The number of carboxylic acid groups (broad SMARTS) is 2. The first-order valence-corrected chi connectivity index (χ1v) is 9.13. The van der Waals surface area contributed by atoms with E-state index in [0.29, 0.717) is 0 Å². The maximum absolute atomic E-state index is 11.8. The molecule has 0 saturated heterocycles. The van der Waals surface area contributed by atoms with Crippen LogP contribution in [-0.2, 0) is 9.59 Å². The second-order valence-corrected chi connectivity index (χ2v) is 6.19. The zero-order valence-electron chi connectivity index (χ0n) is 16.2. The second kappa shape index (κ2) is 11.6. The predicted octanol–water partition coefficient (Wildman–Crippen LogP) is -0.816. The molecule has 0 aliphatic rings. The second-order valence-electron chi connectivity index (χ2n) is 6.19. The van der Waals surface area contributed by atoms with Crippen molar-refractivity contribution in [3.63, 3.8) is 0 Å². The van der Waals surface area contributed by atoms with Crippen LogP contribution < -0.4 is 21.1 Å². The van der Waals surface area contributed by atoms with Crippen LogP contribution in [0.25, 0.3) is 0 Å². The Morgan fingerprint density at radius 3 is 1.48 bits per heavy atom. The van der Waals surface area contributed by atoms with Crippen LogP contribution in [0.3, 0.4) is 0 Å². The molecule has 0 radical (unpaired) electrons. The van der Waals surface area contributed by atoms with Crippen molar-refractivity contribution in [3.8, 4) is 0 Å². The van der Waals surface area contributed by atoms with E-state index >= 15 is 0 Å². The highest BCUT2D eigenvalue weighted by atomic mass is 16.4. The number of nitrogens with zero attached hydrogens (tertiary/aromatic N) is 2. The van der Waals surface area contributed by atoms with Gasteiger partial charge in [-0.05, 0) is 6.42 Å². The average molecular weight is 422 g/mol. The number of benzene rings is 2. The van der Waals surface area contributed by atoms with Crippen LogP contribution in [0.15, 0.2) is 58.7 Å². The fourth-order valence-electron chi connectivity index (χ4n) is 2.46. The number of aromatic carboxylic acids is 2. The Kier molecular flexibility index (Phi) is 8.59. The molecule has 2 amide bonds. The number of carbonyl (C=O) groups excluding carboxylic acids is 4. The molecule has 0 aromatic heterocycles. The van der Waals surface area contributed by atoms with Crippen LogP contribution in [0.5, 0.6) is 0 Å². The fraction of sp³-hybridized carbons (Fsp3) is 0.143. The Bertz CT molecular complexity index is 951. The summed E-state index contributed by atoms with van der Waals surface area (Å²) in [4.78, 5) is 45.5. The van der Waals surface area contributed by atoms with Gasteiger partial charge in [-0.3, -0.25) is 9.59 Å². The molecule has 10 nitrogen and oxygen atoms in total. The normalized spacial score (nSPS) is 10.8. The smallest absolute Gasteiger partial charge is 0.240 e. The first kappa shape index (κ1) is 22.9. The van der Waals surface area contributed by atoms with E-state index in [1.165, 1.54) is 48.8 Å². The molecule has 0 atom stereocenters. The topological polar surface area (TPSA) is 163 Å². The molecule has 10 heteroatoms. The molecule has 31 heavy (non-hydrogen) atoms. The molecule has 0 unspecified atom stereocenters. The highest BCUT2D eigenvalue weighted by Crippen LogP contribution is 2.05. The van der Waals surface area contributed by atoms with Gasteiger partial charge in [-0.15, -0.1) is 0 Å². The van der Waals surface area contributed by atoms with Gasteiger partial charge in [0.15, 0.2) is 0 Å². The fourth-order valence-corrected chi connectivity index (χ4v) is 2.46. The van der Waals surface area contributed by atoms with Gasteiger partial charge in [0, 0.05) is 35.1 Å². The molecule has 0 fully saturated rings. The lowest BCUT2D eigenvalue weighted by Gasteiger charge is -2.06. The Labute approximate surface area is 177 Å². The minimum Gasteiger partial charge on any atom is -0.545 e. The summed E-state index contributed by atoms with van der Waals surface area (Å²) in [6.45, 7) is 0. The molecule has 2 aromatic carbocycles. The third-order valence-corrected chi connectivity index (χ3v) is 3.95. The van der Waals surface area contributed by atoms with Crippen molar-refractivity contribution in [3.05, 3.63) is 70.8 Å². The zero-order chi connectivity index (χ0) is 22.6. The minimum atomic E-state index is -1.36. The summed E-state index contributed by atoms with van der Waals surface area (Å²) in [6.07, 6.45) is 2.60. The maximum Gasteiger partial charge on any atom is 0.240 e. The highest BCUT2D eigenvalue weighted by molar-refractivity contribution is 5.98. The van der Waals surface area contributed by atoms with Crippen LogP contribution in [0.4, 0.5) is 0 Å². The van der Waals surface area contributed by atoms with E-state index in [2.05, 4.69) is 21.1 Å². The maximum atomic E-state index is 11.8. The first-order valence-electron chi connectivity index (χ1n) is 9.13. The van der Waals surface area contributed by atoms with Gasteiger partial charge >= 0.3 is 0 Å². The summed E-state index contributed by atoms with van der Waals surface area (Å²) in [5.74, 6) is -3.63. The minimum absolute atomic E-state index is 0.00409. The lowest BCUT2D eigenvalue weighted by molar-refractivity contribution is -0.256. The van der Waals surface area contributed by atoms with E-state index in [4.69, 9.17) is 0 Å². The monoisotopic (exact) mass is 422 g/mol. The van der Waals surface area contributed by atoms with Crippen LogP contribution in [0, 0.1) is 0 Å². The van der Waals surface area contributed by atoms with Crippen molar-refractivity contribution in [2.45, 2.75) is 19.3 Å². The molecule has 0 aliphatic carbocycles. The number of hydrogen-bond donors (Lipinski definition) is 2. The SMILES string of the molecule is O=C(CCCC(=O)N/N=C/c1ccccc1C(=O)[O-])N/N=C\c1ccccc1C(=O)[O-]. The summed E-state index contributed by atoms with van der Waals surface area (Å²) >= 11 is 0. The Morgan fingerprint density at radius 1 is 0.710 bits per heavy atom. The summed E-state index contributed by atoms with van der Waals surface area (Å²) < 4.78 is 0. The van der Waals surface area contributed by atoms with Crippen LogP contribution in [0.2, 0.25) is 0 Å². The van der Waals surface area contributed by atoms with Crippen LogP contribution >= 0.6 is 0 Å². The van der Waals surface area contributed by atoms with Crippen molar-refractivity contribution in [1.82, 2.24) is 10.9 Å². The lowest BCUT2D eigenvalue weighted by atomic mass is 10.1. The zero-order valence-corrected chi connectivity index (χ0v) is 16.2. The van der Waals surface area contributed by atoms with E-state index in [9.17, 15) is 29.4 Å². The summed E-state index contributed by atoms with van der Waals surface area (Å²) in [6, 6.07) is 12.1. The number of nitrogens with one attached hydrogen (secondary N) is 2. The van der Waals surface area contributed by atoms with E-state index in [-0.39, 0.29) is 41.5 Å². The van der Waals surface area contributed by atoms with Crippen molar-refractivity contribution in [2.24, 2.45) is 10.2 Å². The average Bonchev–Trinajstić information content (AvgIpc) is 2.74. The van der Waals surface area contributed by atoms with Gasteiger partial charge in [0.05, 0.1) is 24.4 Å². The third-order valence-electron chi connectivity index (χ3n) is 3.95. The third kappa shape index (κ3) is 7.54.